The zero-order valence-electron chi connectivity index (χ0n) is 19.7. The van der Waals surface area contributed by atoms with E-state index in [1.54, 1.807) is 6.08 Å². The molecule has 0 radical (unpaired) electrons. The third-order valence-corrected chi connectivity index (χ3v) is 6.07. The Morgan fingerprint density at radius 3 is 1.90 bits per heavy atom. The van der Waals surface area contributed by atoms with Crippen LogP contribution in [0.5, 0.6) is 0 Å². The largest absolute Gasteiger partial charge is 0.353 e. The van der Waals surface area contributed by atoms with Gasteiger partial charge in [-0.15, -0.1) is 0 Å². The van der Waals surface area contributed by atoms with Crippen molar-refractivity contribution in [3.63, 3.8) is 0 Å². The average molecular weight is 422 g/mol. The molecular formula is C29H43NO. The van der Waals surface area contributed by atoms with Gasteiger partial charge in [-0.3, -0.25) is 4.79 Å². The molecule has 0 fully saturated rings. The normalized spacial score (nSPS) is 11.4. The average Bonchev–Trinajstić information content (AvgIpc) is 2.80. The van der Waals surface area contributed by atoms with Crippen LogP contribution in [0.1, 0.15) is 102 Å². The molecule has 1 N–H and O–H groups in total. The van der Waals surface area contributed by atoms with E-state index in [9.17, 15) is 4.79 Å². The Balaban J connectivity index is 1.44. The summed E-state index contributed by atoms with van der Waals surface area (Å²) in [5, 5.41) is 5.40. The van der Waals surface area contributed by atoms with Crippen LogP contribution in [-0.2, 0) is 4.79 Å². The summed E-state index contributed by atoms with van der Waals surface area (Å²) in [6.07, 6.45) is 22.6. The fraction of sp³-hybridized carbons (Fsp3) is 0.552. The van der Waals surface area contributed by atoms with E-state index in [0.717, 1.165) is 18.5 Å². The second-order valence-electron chi connectivity index (χ2n) is 8.79. The smallest absolute Gasteiger partial charge is 0.243 e. The zero-order chi connectivity index (χ0) is 22.0. The molecule has 2 aromatic carbocycles. The minimum atomic E-state index is 0.00243. The van der Waals surface area contributed by atoms with Crippen LogP contribution < -0.4 is 5.32 Å². The van der Waals surface area contributed by atoms with Gasteiger partial charge >= 0.3 is 0 Å². The van der Waals surface area contributed by atoms with Crippen molar-refractivity contribution in [2.45, 2.75) is 96.8 Å². The van der Waals surface area contributed by atoms with Crippen LogP contribution >= 0.6 is 0 Å². The van der Waals surface area contributed by atoms with Gasteiger partial charge in [-0.2, -0.15) is 0 Å². The first-order chi connectivity index (χ1) is 15.3. The van der Waals surface area contributed by atoms with Gasteiger partial charge in [0.2, 0.25) is 5.91 Å². The van der Waals surface area contributed by atoms with Crippen molar-refractivity contribution in [2.75, 3.05) is 6.54 Å². The lowest BCUT2D eigenvalue weighted by Gasteiger charge is -2.04. The molecular weight excluding hydrogens is 378 g/mol. The van der Waals surface area contributed by atoms with Crippen LogP contribution in [0.25, 0.3) is 16.8 Å². The molecule has 170 valence electrons. The van der Waals surface area contributed by atoms with Gasteiger partial charge in [0.05, 0.1) is 0 Å². The maximum atomic E-state index is 12.1. The standard InChI is InChI=1S/C29H43NO/c1-2-3-4-5-6-7-8-9-10-11-12-13-14-17-25-30-29(31)24-23-27-21-18-20-26-19-15-16-22-28(26)27/h15-16,18-24H,2-14,17,25H2,1H3,(H,30,31)/b24-23+. The highest BCUT2D eigenvalue weighted by Gasteiger charge is 1.99. The first kappa shape index (κ1) is 25.2. The van der Waals surface area contributed by atoms with Crippen LogP contribution in [-0.4, -0.2) is 12.5 Å². The van der Waals surface area contributed by atoms with Crippen LogP contribution in [0.2, 0.25) is 0 Å². The van der Waals surface area contributed by atoms with Gasteiger partial charge in [-0.05, 0) is 28.8 Å². The fourth-order valence-corrected chi connectivity index (χ4v) is 4.15. The SMILES string of the molecule is CCCCCCCCCCCCCCCCNC(=O)/C=C/c1cccc2ccccc12. The summed E-state index contributed by atoms with van der Waals surface area (Å²) < 4.78 is 0. The lowest BCUT2D eigenvalue weighted by Crippen LogP contribution is -2.21. The number of fused-ring (bicyclic) bond motifs is 1. The van der Waals surface area contributed by atoms with Crippen molar-refractivity contribution in [1.82, 2.24) is 5.32 Å². The molecule has 0 spiro atoms. The van der Waals surface area contributed by atoms with E-state index in [4.69, 9.17) is 0 Å². The molecule has 2 rings (SSSR count). The quantitative estimate of drug-likeness (QED) is 0.201. The minimum Gasteiger partial charge on any atom is -0.353 e. The molecule has 31 heavy (non-hydrogen) atoms. The maximum absolute atomic E-state index is 12.1. The third kappa shape index (κ3) is 11.2. The molecule has 0 saturated heterocycles. The van der Waals surface area contributed by atoms with Crippen LogP contribution in [0.4, 0.5) is 0 Å². The molecule has 0 aliphatic carbocycles. The summed E-state index contributed by atoms with van der Waals surface area (Å²) in [4.78, 5) is 12.1. The van der Waals surface area contributed by atoms with Crippen LogP contribution in [0.3, 0.4) is 0 Å². The number of carbonyl (C=O) groups excluding carboxylic acids is 1. The lowest BCUT2D eigenvalue weighted by molar-refractivity contribution is -0.116. The molecule has 0 aliphatic rings. The number of hydrogen-bond donors (Lipinski definition) is 1. The van der Waals surface area contributed by atoms with Gasteiger partial charge in [-0.1, -0.05) is 133 Å². The summed E-state index contributed by atoms with van der Waals surface area (Å²) in [6.45, 7) is 3.05. The molecule has 0 atom stereocenters. The summed E-state index contributed by atoms with van der Waals surface area (Å²) >= 11 is 0. The van der Waals surface area contributed by atoms with Crippen molar-refractivity contribution in [3.8, 4) is 0 Å². The van der Waals surface area contributed by atoms with Gasteiger partial charge in [0, 0.05) is 12.6 Å². The van der Waals surface area contributed by atoms with Gasteiger partial charge in [0.25, 0.3) is 0 Å². The van der Waals surface area contributed by atoms with Gasteiger partial charge in [0.15, 0.2) is 0 Å². The second kappa shape index (κ2) is 16.6. The van der Waals surface area contributed by atoms with E-state index < -0.39 is 0 Å². The highest BCUT2D eigenvalue weighted by atomic mass is 16.1. The first-order valence-corrected chi connectivity index (χ1v) is 12.7. The van der Waals surface area contributed by atoms with E-state index >= 15 is 0 Å². The lowest BCUT2D eigenvalue weighted by atomic mass is 10.0. The molecule has 0 heterocycles. The molecule has 1 amide bonds. The molecule has 0 aromatic heterocycles. The van der Waals surface area contributed by atoms with Crippen LogP contribution in [0.15, 0.2) is 48.5 Å². The topological polar surface area (TPSA) is 29.1 Å². The molecule has 0 saturated carbocycles. The minimum absolute atomic E-state index is 0.00243. The molecule has 2 nitrogen and oxygen atoms in total. The van der Waals surface area contributed by atoms with Gasteiger partial charge in [0.1, 0.15) is 0 Å². The maximum Gasteiger partial charge on any atom is 0.243 e. The Hall–Kier alpha value is -2.09. The molecule has 0 unspecified atom stereocenters. The summed E-state index contributed by atoms with van der Waals surface area (Å²) in [6, 6.07) is 14.5. The van der Waals surface area contributed by atoms with Gasteiger partial charge in [-0.25, -0.2) is 0 Å². The Morgan fingerprint density at radius 2 is 1.26 bits per heavy atom. The monoisotopic (exact) mass is 421 g/mol. The zero-order valence-corrected chi connectivity index (χ0v) is 19.7. The molecule has 0 bridgehead atoms. The third-order valence-electron chi connectivity index (χ3n) is 6.07. The molecule has 0 aliphatic heterocycles. The summed E-state index contributed by atoms with van der Waals surface area (Å²) in [7, 11) is 0. The number of unbranched alkanes of at least 4 members (excludes halogenated alkanes) is 13. The van der Waals surface area contributed by atoms with Crippen molar-refractivity contribution in [2.24, 2.45) is 0 Å². The number of amides is 1. The van der Waals surface area contributed by atoms with Crippen molar-refractivity contribution < 1.29 is 4.79 Å². The summed E-state index contributed by atoms with van der Waals surface area (Å²) in [5.41, 5.74) is 1.09. The Bertz CT molecular complexity index is 759. The van der Waals surface area contributed by atoms with E-state index in [0.29, 0.717) is 0 Å². The van der Waals surface area contributed by atoms with Gasteiger partial charge < -0.3 is 5.32 Å². The Kier molecular flexibility index (Phi) is 13.5. The van der Waals surface area contributed by atoms with Crippen molar-refractivity contribution in [1.29, 1.82) is 0 Å². The number of carbonyl (C=O) groups is 1. The van der Waals surface area contributed by atoms with Crippen molar-refractivity contribution >= 4 is 22.8 Å². The molecule has 2 aromatic rings. The second-order valence-corrected chi connectivity index (χ2v) is 8.79. The fourth-order valence-electron chi connectivity index (χ4n) is 4.15. The number of rotatable bonds is 17. The van der Waals surface area contributed by atoms with Crippen LogP contribution in [0, 0.1) is 0 Å². The number of benzene rings is 2. The van der Waals surface area contributed by atoms with E-state index in [2.05, 4.69) is 36.5 Å². The molecule has 2 heteroatoms. The Labute approximate surface area is 190 Å². The number of hydrogen-bond acceptors (Lipinski definition) is 1. The highest BCUT2D eigenvalue weighted by Crippen LogP contribution is 2.19. The van der Waals surface area contributed by atoms with E-state index in [-0.39, 0.29) is 5.91 Å². The first-order valence-electron chi connectivity index (χ1n) is 12.7. The summed E-state index contributed by atoms with van der Waals surface area (Å²) in [5.74, 6) is 0.00243. The van der Waals surface area contributed by atoms with E-state index in [1.165, 1.54) is 94.2 Å². The number of nitrogens with one attached hydrogen (secondary N) is 1. The predicted octanol–water partition coefficient (Wildman–Crippen LogP) is 8.45. The predicted molar refractivity (Wildman–Crippen MR) is 136 cm³/mol. The highest BCUT2D eigenvalue weighted by molar-refractivity contribution is 5.96. The van der Waals surface area contributed by atoms with E-state index in [1.807, 2.05) is 24.3 Å². The van der Waals surface area contributed by atoms with Crippen molar-refractivity contribution in [3.05, 3.63) is 54.1 Å². The Morgan fingerprint density at radius 1 is 0.710 bits per heavy atom.